The fourth-order valence-electron chi connectivity index (χ4n) is 2.22. The molecule has 0 radical (unpaired) electrons. The van der Waals surface area contributed by atoms with E-state index in [1.165, 1.54) is 30.3 Å². The van der Waals surface area contributed by atoms with Crippen molar-refractivity contribution in [3.05, 3.63) is 64.7 Å². The minimum atomic E-state index is -1.12. The molecule has 2 rings (SSSR count). The number of hydrogen-bond donors (Lipinski definition) is 2. The Labute approximate surface area is 121 Å². The van der Waals surface area contributed by atoms with Gasteiger partial charge in [0, 0.05) is 5.69 Å². The molecule has 0 saturated carbocycles. The monoisotopic (exact) mass is 291 g/mol. The van der Waals surface area contributed by atoms with E-state index in [0.717, 1.165) is 0 Å². The smallest absolute Gasteiger partial charge is 0.330 e. The van der Waals surface area contributed by atoms with Crippen molar-refractivity contribution in [2.45, 2.75) is 19.9 Å². The Bertz CT molecular complexity index is 666. The van der Waals surface area contributed by atoms with Crippen LogP contribution in [-0.2, 0) is 4.79 Å². The van der Waals surface area contributed by atoms with Crippen LogP contribution in [0.25, 0.3) is 0 Å². The van der Waals surface area contributed by atoms with Crippen molar-refractivity contribution in [2.75, 3.05) is 5.32 Å². The third-order valence-corrected chi connectivity index (χ3v) is 3.14. The first-order valence-corrected chi connectivity index (χ1v) is 6.39. The summed E-state index contributed by atoms with van der Waals surface area (Å²) in [5, 5.41) is 12.1. The van der Waals surface area contributed by atoms with Crippen LogP contribution in [0.2, 0.25) is 0 Å². The molecule has 1 atom stereocenters. The fraction of sp³-hybridized carbons (Fsp3) is 0.188. The first-order chi connectivity index (χ1) is 9.86. The van der Waals surface area contributed by atoms with Crippen LogP contribution in [-0.4, -0.2) is 11.1 Å². The molecule has 0 fully saturated rings. The third kappa shape index (κ3) is 3.56. The molecule has 0 aromatic heterocycles. The lowest BCUT2D eigenvalue weighted by Crippen LogP contribution is -2.21. The van der Waals surface area contributed by atoms with Gasteiger partial charge in [0.1, 0.15) is 11.6 Å². The molecule has 0 aliphatic heterocycles. The van der Waals surface area contributed by atoms with Gasteiger partial charge in [0.15, 0.2) is 6.04 Å². The summed E-state index contributed by atoms with van der Waals surface area (Å²) in [6.07, 6.45) is 0. The molecular weight excluding hydrogens is 276 g/mol. The van der Waals surface area contributed by atoms with E-state index in [1.54, 1.807) is 19.9 Å². The molecule has 0 spiro atoms. The van der Waals surface area contributed by atoms with Gasteiger partial charge >= 0.3 is 5.97 Å². The van der Waals surface area contributed by atoms with Crippen LogP contribution < -0.4 is 5.32 Å². The highest BCUT2D eigenvalue weighted by molar-refractivity contribution is 5.79. The number of halogens is 2. The van der Waals surface area contributed by atoms with Gasteiger partial charge in [-0.1, -0.05) is 6.07 Å². The van der Waals surface area contributed by atoms with E-state index in [9.17, 15) is 18.7 Å². The standard InChI is InChI=1S/C16H15F2NO2/c1-9-5-12(18)8-13(6-9)19-15(16(20)21)14-4-3-11(17)7-10(14)2/h3-8,15,19H,1-2H3,(H,20,21). The molecule has 2 N–H and O–H groups in total. The molecule has 0 aliphatic rings. The van der Waals surface area contributed by atoms with E-state index in [-0.39, 0.29) is 0 Å². The van der Waals surface area contributed by atoms with Crippen molar-refractivity contribution in [1.82, 2.24) is 0 Å². The van der Waals surface area contributed by atoms with E-state index >= 15 is 0 Å². The van der Waals surface area contributed by atoms with Gasteiger partial charge in [-0.05, 0) is 60.9 Å². The number of benzene rings is 2. The molecule has 0 bridgehead atoms. The Morgan fingerprint density at radius 3 is 2.38 bits per heavy atom. The van der Waals surface area contributed by atoms with Crippen molar-refractivity contribution < 1.29 is 18.7 Å². The van der Waals surface area contributed by atoms with Crippen LogP contribution in [0.1, 0.15) is 22.7 Å². The molecule has 0 amide bonds. The van der Waals surface area contributed by atoms with Crippen molar-refractivity contribution in [3.8, 4) is 0 Å². The highest BCUT2D eigenvalue weighted by atomic mass is 19.1. The Balaban J connectivity index is 2.37. The van der Waals surface area contributed by atoms with Crippen LogP contribution in [0.15, 0.2) is 36.4 Å². The molecule has 2 aromatic carbocycles. The SMILES string of the molecule is Cc1cc(F)cc(NC(C(=O)O)c2ccc(F)cc2C)c1. The molecule has 0 aliphatic carbocycles. The fourth-order valence-corrected chi connectivity index (χ4v) is 2.22. The quantitative estimate of drug-likeness (QED) is 0.900. The lowest BCUT2D eigenvalue weighted by Gasteiger charge is -2.18. The predicted molar refractivity (Wildman–Crippen MR) is 76.3 cm³/mol. The minimum absolute atomic E-state index is 0.364. The number of nitrogens with one attached hydrogen (secondary N) is 1. The normalized spacial score (nSPS) is 12.0. The maximum atomic E-state index is 13.4. The Kier molecular flexibility index (Phi) is 4.21. The Morgan fingerprint density at radius 1 is 1.10 bits per heavy atom. The molecular formula is C16H15F2NO2. The molecule has 0 saturated heterocycles. The maximum Gasteiger partial charge on any atom is 0.330 e. The number of aliphatic carboxylic acids is 1. The van der Waals surface area contributed by atoms with Crippen LogP contribution in [0.4, 0.5) is 14.5 Å². The van der Waals surface area contributed by atoms with Crippen molar-refractivity contribution in [3.63, 3.8) is 0 Å². The largest absolute Gasteiger partial charge is 0.479 e. The minimum Gasteiger partial charge on any atom is -0.479 e. The summed E-state index contributed by atoms with van der Waals surface area (Å²) < 4.78 is 26.5. The Morgan fingerprint density at radius 2 is 1.81 bits per heavy atom. The molecule has 3 nitrogen and oxygen atoms in total. The van der Waals surface area contributed by atoms with Gasteiger partial charge in [-0.3, -0.25) is 0 Å². The maximum absolute atomic E-state index is 13.4. The summed E-state index contributed by atoms with van der Waals surface area (Å²) in [5.41, 5.74) is 2.00. The van der Waals surface area contributed by atoms with Crippen LogP contribution in [0, 0.1) is 25.5 Å². The van der Waals surface area contributed by atoms with Crippen molar-refractivity contribution >= 4 is 11.7 Å². The molecule has 2 aromatic rings. The van der Waals surface area contributed by atoms with E-state index < -0.39 is 23.6 Å². The molecule has 1 unspecified atom stereocenters. The summed E-state index contributed by atoms with van der Waals surface area (Å²) in [6.45, 7) is 3.35. The first-order valence-electron chi connectivity index (χ1n) is 6.39. The van der Waals surface area contributed by atoms with E-state index in [2.05, 4.69) is 5.32 Å². The number of carbonyl (C=O) groups is 1. The summed E-state index contributed by atoms with van der Waals surface area (Å²) in [6, 6.07) is 7.04. The van der Waals surface area contributed by atoms with Crippen molar-refractivity contribution in [1.29, 1.82) is 0 Å². The van der Waals surface area contributed by atoms with Gasteiger partial charge in [0.2, 0.25) is 0 Å². The molecule has 21 heavy (non-hydrogen) atoms. The summed E-state index contributed by atoms with van der Waals surface area (Å²) >= 11 is 0. The molecule has 5 heteroatoms. The van der Waals surface area contributed by atoms with Crippen molar-refractivity contribution in [2.24, 2.45) is 0 Å². The lowest BCUT2D eigenvalue weighted by molar-refractivity contribution is -0.138. The second-order valence-electron chi connectivity index (χ2n) is 4.93. The average Bonchev–Trinajstić information content (AvgIpc) is 2.35. The van der Waals surface area contributed by atoms with E-state index in [1.807, 2.05) is 0 Å². The number of anilines is 1. The first kappa shape index (κ1) is 15.0. The lowest BCUT2D eigenvalue weighted by atomic mass is 10.0. The number of rotatable bonds is 4. The number of aryl methyl sites for hydroxylation is 2. The number of hydrogen-bond acceptors (Lipinski definition) is 2. The second-order valence-corrected chi connectivity index (χ2v) is 4.93. The zero-order valence-electron chi connectivity index (χ0n) is 11.7. The van der Waals surface area contributed by atoms with Gasteiger partial charge in [0.05, 0.1) is 0 Å². The molecule has 110 valence electrons. The van der Waals surface area contributed by atoms with Gasteiger partial charge in [-0.25, -0.2) is 13.6 Å². The van der Waals surface area contributed by atoms with Crippen LogP contribution >= 0.6 is 0 Å². The summed E-state index contributed by atoms with van der Waals surface area (Å²) in [7, 11) is 0. The summed E-state index contributed by atoms with van der Waals surface area (Å²) in [5.74, 6) is -1.99. The van der Waals surface area contributed by atoms with Gasteiger partial charge < -0.3 is 10.4 Å². The number of carboxylic acids is 1. The predicted octanol–water partition coefficient (Wildman–Crippen LogP) is 3.82. The average molecular weight is 291 g/mol. The van der Waals surface area contributed by atoms with Crippen LogP contribution in [0.3, 0.4) is 0 Å². The second kappa shape index (κ2) is 5.91. The van der Waals surface area contributed by atoms with E-state index in [0.29, 0.717) is 22.4 Å². The third-order valence-electron chi connectivity index (χ3n) is 3.14. The zero-order chi connectivity index (χ0) is 15.6. The van der Waals surface area contributed by atoms with Crippen LogP contribution in [0.5, 0.6) is 0 Å². The molecule has 0 heterocycles. The van der Waals surface area contributed by atoms with Gasteiger partial charge in [-0.15, -0.1) is 0 Å². The van der Waals surface area contributed by atoms with Gasteiger partial charge in [0.25, 0.3) is 0 Å². The summed E-state index contributed by atoms with van der Waals surface area (Å²) in [4.78, 5) is 11.5. The van der Waals surface area contributed by atoms with Gasteiger partial charge in [-0.2, -0.15) is 0 Å². The number of carboxylic acid groups (broad SMARTS) is 1. The topological polar surface area (TPSA) is 49.3 Å². The highest BCUT2D eigenvalue weighted by Gasteiger charge is 2.22. The van der Waals surface area contributed by atoms with E-state index in [4.69, 9.17) is 0 Å². The Hall–Kier alpha value is -2.43. The zero-order valence-corrected chi connectivity index (χ0v) is 11.7. The highest BCUT2D eigenvalue weighted by Crippen LogP contribution is 2.24.